The van der Waals surface area contributed by atoms with Gasteiger partial charge in [-0.2, -0.15) is 4.98 Å². The first-order valence-electron chi connectivity index (χ1n) is 13.0. The van der Waals surface area contributed by atoms with Gasteiger partial charge in [-0.15, -0.1) is 13.2 Å². The first-order chi connectivity index (χ1) is 19.2. The van der Waals surface area contributed by atoms with Crippen LogP contribution in [-0.4, -0.2) is 43.8 Å². The number of H-pyrrole nitrogens is 1. The molecule has 2 N–H and O–H groups in total. The molecule has 1 amide bonds. The van der Waals surface area contributed by atoms with E-state index in [1.54, 1.807) is 31.5 Å². The highest BCUT2D eigenvalue weighted by atomic mass is 19.4. The van der Waals surface area contributed by atoms with Crippen LogP contribution in [0.25, 0.3) is 11.1 Å². The van der Waals surface area contributed by atoms with Crippen LogP contribution in [0.1, 0.15) is 46.6 Å². The number of amides is 1. The fraction of sp³-hybridized carbons (Fsp3) is 0.357. The predicted molar refractivity (Wildman–Crippen MR) is 137 cm³/mol. The van der Waals surface area contributed by atoms with Crippen molar-refractivity contribution in [3.63, 3.8) is 0 Å². The van der Waals surface area contributed by atoms with Gasteiger partial charge in [0, 0.05) is 32.0 Å². The number of nitrogens with one attached hydrogen (secondary N) is 2. The molecule has 1 aliphatic heterocycles. The second-order valence-electron chi connectivity index (χ2n) is 10.1. The zero-order valence-electron chi connectivity index (χ0n) is 21.7. The number of ether oxygens (including phenoxy) is 1. The van der Waals surface area contributed by atoms with Crippen LogP contribution in [0.5, 0.6) is 5.75 Å². The van der Waals surface area contributed by atoms with E-state index in [0.29, 0.717) is 49.8 Å². The molecule has 0 spiro atoms. The van der Waals surface area contributed by atoms with Gasteiger partial charge in [-0.1, -0.05) is 29.4 Å². The fourth-order valence-corrected chi connectivity index (χ4v) is 5.36. The van der Waals surface area contributed by atoms with Crippen molar-refractivity contribution in [2.24, 2.45) is 5.92 Å². The van der Waals surface area contributed by atoms with Gasteiger partial charge in [-0.25, -0.2) is 4.98 Å². The smallest absolute Gasteiger partial charge is 0.406 e. The normalized spacial score (nSPS) is 18.8. The molecular weight excluding hydrogens is 525 g/mol. The van der Waals surface area contributed by atoms with Crippen molar-refractivity contribution >= 4 is 5.91 Å². The van der Waals surface area contributed by atoms with Crippen LogP contribution in [0.4, 0.5) is 13.2 Å². The lowest BCUT2D eigenvalue weighted by Gasteiger charge is -2.31. The Balaban J connectivity index is 1.24. The Bertz CT molecular complexity index is 1520. The number of fused-ring (bicyclic) bond motifs is 1. The number of halogens is 3. The lowest BCUT2D eigenvalue weighted by molar-refractivity contribution is -0.274. The van der Waals surface area contributed by atoms with E-state index in [9.17, 15) is 18.0 Å². The van der Waals surface area contributed by atoms with Crippen LogP contribution >= 0.6 is 0 Å². The van der Waals surface area contributed by atoms with Gasteiger partial charge >= 0.3 is 6.36 Å². The number of rotatable bonds is 8. The van der Waals surface area contributed by atoms with Gasteiger partial charge in [0.25, 0.3) is 0 Å². The van der Waals surface area contributed by atoms with Crippen molar-refractivity contribution in [1.29, 1.82) is 0 Å². The largest absolute Gasteiger partial charge is 0.573 e. The summed E-state index contributed by atoms with van der Waals surface area (Å²) in [6.07, 6.45) is 0.0814. The minimum Gasteiger partial charge on any atom is -0.406 e. The number of hydrogen-bond donors (Lipinski definition) is 2. The maximum Gasteiger partial charge on any atom is 0.573 e. The van der Waals surface area contributed by atoms with E-state index in [1.165, 1.54) is 12.1 Å². The summed E-state index contributed by atoms with van der Waals surface area (Å²) < 4.78 is 47.9. The summed E-state index contributed by atoms with van der Waals surface area (Å²) in [5.41, 5.74) is 4.56. The van der Waals surface area contributed by atoms with Gasteiger partial charge in [0.05, 0.1) is 18.4 Å². The molecule has 0 radical (unpaired) electrons. The molecule has 9 nitrogen and oxygen atoms in total. The third kappa shape index (κ3) is 5.71. The molecule has 0 bridgehead atoms. The average Bonchev–Trinajstić information content (AvgIpc) is 3.32. The molecule has 40 heavy (non-hydrogen) atoms. The molecule has 2 aliphatic rings. The van der Waals surface area contributed by atoms with E-state index in [0.717, 1.165) is 34.6 Å². The Morgan fingerprint density at radius 3 is 2.88 bits per heavy atom. The summed E-state index contributed by atoms with van der Waals surface area (Å²) in [7, 11) is 0. The van der Waals surface area contributed by atoms with E-state index < -0.39 is 6.36 Å². The Labute approximate surface area is 227 Å². The number of benzene rings is 2. The molecule has 1 fully saturated rings. The molecule has 3 heterocycles. The van der Waals surface area contributed by atoms with Crippen LogP contribution in [0, 0.1) is 12.8 Å². The molecule has 4 aromatic rings. The molecule has 2 atom stereocenters. The summed E-state index contributed by atoms with van der Waals surface area (Å²) >= 11 is 0. The van der Waals surface area contributed by atoms with Gasteiger partial charge in [-0.3, -0.25) is 9.69 Å². The van der Waals surface area contributed by atoms with Gasteiger partial charge in [0.15, 0.2) is 5.82 Å². The number of alkyl halides is 3. The van der Waals surface area contributed by atoms with Crippen molar-refractivity contribution in [3.8, 4) is 16.9 Å². The Morgan fingerprint density at radius 1 is 1.25 bits per heavy atom. The molecule has 208 valence electrons. The van der Waals surface area contributed by atoms with Crippen molar-refractivity contribution in [2.45, 2.75) is 51.7 Å². The summed E-state index contributed by atoms with van der Waals surface area (Å²) in [6, 6.07) is 9.89. The van der Waals surface area contributed by atoms with Gasteiger partial charge in [0.1, 0.15) is 11.6 Å². The van der Waals surface area contributed by atoms with Gasteiger partial charge < -0.3 is 19.6 Å². The van der Waals surface area contributed by atoms with Crippen LogP contribution in [-0.2, 0) is 30.8 Å². The number of aromatic amines is 1. The number of carbonyl (C=O) groups excluding carboxylic acids is 1. The Hall–Kier alpha value is -4.19. The third-order valence-electron chi connectivity index (χ3n) is 7.34. The van der Waals surface area contributed by atoms with Crippen LogP contribution in [0.3, 0.4) is 0 Å². The first kappa shape index (κ1) is 26.1. The van der Waals surface area contributed by atoms with Crippen LogP contribution in [0.2, 0.25) is 0 Å². The molecule has 6 rings (SSSR count). The lowest BCUT2D eigenvalue weighted by Crippen LogP contribution is -2.33. The number of imidazole rings is 1. The molecule has 0 saturated heterocycles. The molecular formula is C28H27F3N6O3. The Kier molecular flexibility index (Phi) is 6.78. The van der Waals surface area contributed by atoms with E-state index in [2.05, 4.69) is 35.1 Å². The third-order valence-corrected chi connectivity index (χ3v) is 7.34. The second kappa shape index (κ2) is 10.4. The van der Waals surface area contributed by atoms with Crippen molar-refractivity contribution in [1.82, 2.24) is 30.3 Å². The molecule has 2 aromatic heterocycles. The molecule has 2 unspecified atom stereocenters. The summed E-state index contributed by atoms with van der Waals surface area (Å²) in [5, 5.41) is 6.87. The van der Waals surface area contributed by atoms with Gasteiger partial charge in [-0.05, 0) is 59.7 Å². The van der Waals surface area contributed by atoms with E-state index >= 15 is 0 Å². The zero-order chi connectivity index (χ0) is 27.9. The number of nitrogens with zero attached hydrogens (tertiary/aromatic N) is 4. The highest BCUT2D eigenvalue weighted by molar-refractivity contribution is 5.82. The van der Waals surface area contributed by atoms with Crippen LogP contribution < -0.4 is 10.1 Å². The molecule has 1 aliphatic carbocycles. The average molecular weight is 553 g/mol. The van der Waals surface area contributed by atoms with E-state index in [4.69, 9.17) is 4.52 Å². The number of carbonyl (C=O) groups is 1. The number of aryl methyl sites for hydroxylation is 1. The fourth-order valence-electron chi connectivity index (χ4n) is 5.36. The quantitative estimate of drug-likeness (QED) is 0.328. The first-order valence-corrected chi connectivity index (χ1v) is 13.0. The minimum atomic E-state index is -4.77. The highest BCUT2D eigenvalue weighted by Crippen LogP contribution is 2.47. The number of hydrogen-bond acceptors (Lipinski definition) is 7. The van der Waals surface area contributed by atoms with Crippen LogP contribution in [0.15, 0.2) is 53.3 Å². The van der Waals surface area contributed by atoms with E-state index in [-0.39, 0.29) is 23.5 Å². The lowest BCUT2D eigenvalue weighted by atomic mass is 9.87. The maximum atomic E-state index is 12.9. The predicted octanol–water partition coefficient (Wildman–Crippen LogP) is 4.64. The molecule has 2 aromatic carbocycles. The Morgan fingerprint density at radius 2 is 2.12 bits per heavy atom. The summed E-state index contributed by atoms with van der Waals surface area (Å²) in [4.78, 5) is 26.9. The maximum absolute atomic E-state index is 12.9. The number of aromatic nitrogens is 4. The molecule has 1 saturated carbocycles. The monoisotopic (exact) mass is 552 g/mol. The zero-order valence-corrected chi connectivity index (χ0v) is 21.7. The SMILES string of the molecule is Cc1noc(C2CC2C(=O)NCc2ccc(-c3cccc(OC(F)(F)F)c3)c3c2CN(Cc2ncc[nH]2)CC3)n1. The minimum absolute atomic E-state index is 0.0625. The second-order valence-corrected chi connectivity index (χ2v) is 10.1. The van der Waals surface area contributed by atoms with Crippen molar-refractivity contribution in [3.05, 3.63) is 83.0 Å². The topological polar surface area (TPSA) is 109 Å². The standard InChI is InChI=1S/C28H27F3N6O3/c1-16-35-27(40-36-16)23-12-22(23)26(38)34-13-18-5-6-20(17-3-2-4-19(11-17)39-28(29,30)31)21-7-10-37(14-24(18)21)15-25-32-8-9-33-25/h2-6,8-9,11,22-23H,7,10,12-15H2,1H3,(H,32,33)(H,34,38). The van der Waals surface area contributed by atoms with E-state index in [1.807, 2.05) is 12.1 Å². The van der Waals surface area contributed by atoms with Crippen molar-refractivity contribution in [2.75, 3.05) is 6.54 Å². The summed E-state index contributed by atoms with van der Waals surface area (Å²) in [6.45, 7) is 4.07. The summed E-state index contributed by atoms with van der Waals surface area (Å²) in [5.74, 6) is 1.28. The van der Waals surface area contributed by atoms with Crippen molar-refractivity contribution < 1.29 is 27.2 Å². The van der Waals surface area contributed by atoms with Gasteiger partial charge in [0.2, 0.25) is 11.8 Å². The highest BCUT2D eigenvalue weighted by Gasteiger charge is 2.47. The molecule has 12 heteroatoms.